The average molecular weight is 877 g/mol. The van der Waals surface area contributed by atoms with Gasteiger partial charge in [-0.1, -0.05) is 171 Å². The maximum Gasteiger partial charge on any atom is 0.307 e. The van der Waals surface area contributed by atoms with Gasteiger partial charge in [0.1, 0.15) is 17.3 Å². The third kappa shape index (κ3) is 21.3. The molecule has 366 valence electrons. The van der Waals surface area contributed by atoms with E-state index in [2.05, 4.69) is 118 Å². The van der Waals surface area contributed by atoms with E-state index in [1.165, 1.54) is 19.3 Å². The van der Waals surface area contributed by atoms with Crippen molar-refractivity contribution >= 4 is 29.3 Å². The Morgan fingerprint density at radius 2 is 0.968 bits per heavy atom. The zero-order valence-corrected chi connectivity index (χ0v) is 45.4. The molecule has 0 aliphatic heterocycles. The van der Waals surface area contributed by atoms with Gasteiger partial charge in [0.25, 0.3) is 0 Å². The number of hydrogen-bond acceptors (Lipinski definition) is 5. The minimum Gasteiger partial charge on any atom is -0.481 e. The first kappa shape index (κ1) is 62.0. The van der Waals surface area contributed by atoms with Crippen LogP contribution in [0.15, 0.2) is 0 Å². The lowest BCUT2D eigenvalue weighted by atomic mass is 9.66. The van der Waals surface area contributed by atoms with Crippen LogP contribution in [0.4, 0.5) is 0 Å². The molecule has 4 atom stereocenters. The third-order valence-corrected chi connectivity index (χ3v) is 14.3. The molecule has 7 nitrogen and oxygen atoms in total. The van der Waals surface area contributed by atoms with E-state index in [9.17, 15) is 24.0 Å². The van der Waals surface area contributed by atoms with Crippen LogP contribution >= 0.6 is 0 Å². The lowest BCUT2D eigenvalue weighted by Crippen LogP contribution is -2.35. The van der Waals surface area contributed by atoms with Gasteiger partial charge < -0.3 is 10.2 Å². The topological polar surface area (TPSA) is 126 Å². The second kappa shape index (κ2) is 23.4. The second-order valence-corrected chi connectivity index (χ2v) is 26.9. The molecule has 3 rings (SSSR count). The number of Topliss-reactive ketones (excluding diaryl/α,β-unsaturated/α-hetero) is 3. The predicted molar refractivity (Wildman–Crippen MR) is 262 cm³/mol. The van der Waals surface area contributed by atoms with Crippen molar-refractivity contribution in [2.24, 2.45) is 72.4 Å². The zero-order valence-electron chi connectivity index (χ0n) is 45.4. The third-order valence-electron chi connectivity index (χ3n) is 14.3. The molecular formula is C55H104O7. The number of carboxylic acid groups (broad SMARTS) is 2. The van der Waals surface area contributed by atoms with Crippen LogP contribution in [0.3, 0.4) is 0 Å². The molecule has 0 bridgehead atoms. The van der Waals surface area contributed by atoms with Crippen molar-refractivity contribution in [3.8, 4) is 0 Å². The molecule has 3 aliphatic carbocycles. The lowest BCUT2D eigenvalue weighted by molar-refractivity contribution is -0.147. The van der Waals surface area contributed by atoms with E-state index in [0.717, 1.165) is 64.2 Å². The molecular weight excluding hydrogens is 773 g/mol. The van der Waals surface area contributed by atoms with Gasteiger partial charge in [0.15, 0.2) is 0 Å². The van der Waals surface area contributed by atoms with Gasteiger partial charge in [0.2, 0.25) is 0 Å². The summed E-state index contributed by atoms with van der Waals surface area (Å²) in [5.74, 6) is 0.256. The van der Waals surface area contributed by atoms with Crippen LogP contribution in [0.2, 0.25) is 0 Å². The largest absolute Gasteiger partial charge is 0.481 e. The summed E-state index contributed by atoms with van der Waals surface area (Å²) in [6.45, 7) is 50.1. The van der Waals surface area contributed by atoms with Gasteiger partial charge in [0.05, 0.1) is 11.8 Å². The number of carbonyl (C=O) groups is 5. The molecule has 3 fully saturated rings. The molecule has 0 amide bonds. The van der Waals surface area contributed by atoms with E-state index in [1.807, 2.05) is 27.7 Å². The van der Waals surface area contributed by atoms with Gasteiger partial charge in [-0.25, -0.2) is 0 Å². The summed E-state index contributed by atoms with van der Waals surface area (Å²) >= 11 is 0. The van der Waals surface area contributed by atoms with Crippen LogP contribution in [0, 0.1) is 72.4 Å². The molecule has 0 saturated heterocycles. The molecule has 0 spiro atoms. The zero-order chi connectivity index (χ0) is 49.9. The molecule has 62 heavy (non-hydrogen) atoms. The average Bonchev–Trinajstić information content (AvgIpc) is 3.38. The molecule has 0 aromatic rings. The van der Waals surface area contributed by atoms with Crippen LogP contribution in [-0.2, 0) is 24.0 Å². The number of hydrogen-bond donors (Lipinski definition) is 2. The molecule has 0 heterocycles. The van der Waals surface area contributed by atoms with Crippen LogP contribution in [0.5, 0.6) is 0 Å². The first-order valence-corrected chi connectivity index (χ1v) is 24.4. The fourth-order valence-corrected chi connectivity index (χ4v) is 11.5. The first-order chi connectivity index (χ1) is 27.4. The van der Waals surface area contributed by atoms with E-state index in [4.69, 9.17) is 10.2 Å². The molecule has 3 saturated carbocycles. The summed E-state index contributed by atoms with van der Waals surface area (Å²) in [6.07, 6.45) is 13.9. The molecule has 0 radical (unpaired) electrons. The molecule has 0 aromatic carbocycles. The maximum atomic E-state index is 11.6. The quantitative estimate of drug-likeness (QED) is 0.224. The molecule has 7 heteroatoms. The number of carbonyl (C=O) groups excluding carboxylic acids is 3. The summed E-state index contributed by atoms with van der Waals surface area (Å²) in [5.41, 5.74) is 0.845. The Bertz CT molecular complexity index is 1390. The summed E-state index contributed by atoms with van der Waals surface area (Å²) < 4.78 is 0. The predicted octanol–water partition coefficient (Wildman–Crippen LogP) is 15.7. The van der Waals surface area contributed by atoms with Crippen LogP contribution in [0.1, 0.15) is 250 Å². The summed E-state index contributed by atoms with van der Waals surface area (Å²) in [5, 5.41) is 18.0. The maximum absolute atomic E-state index is 11.6. The van der Waals surface area contributed by atoms with Gasteiger partial charge in [-0.05, 0) is 123 Å². The Morgan fingerprint density at radius 3 is 1.16 bits per heavy atom. The highest BCUT2D eigenvalue weighted by atomic mass is 16.4. The summed E-state index contributed by atoms with van der Waals surface area (Å²) in [6, 6.07) is 0. The van der Waals surface area contributed by atoms with Crippen molar-refractivity contribution in [3.05, 3.63) is 0 Å². The van der Waals surface area contributed by atoms with E-state index in [-0.39, 0.29) is 66.4 Å². The van der Waals surface area contributed by atoms with Crippen LogP contribution in [0.25, 0.3) is 0 Å². The summed E-state index contributed by atoms with van der Waals surface area (Å²) in [4.78, 5) is 56.2. The number of ketones is 3. The van der Waals surface area contributed by atoms with Crippen LogP contribution in [-0.4, -0.2) is 39.5 Å². The van der Waals surface area contributed by atoms with Crippen molar-refractivity contribution in [2.75, 3.05) is 0 Å². The smallest absolute Gasteiger partial charge is 0.307 e. The Balaban J connectivity index is 0. The Kier molecular flexibility index (Phi) is 23.4. The Labute approximate surface area is 384 Å². The monoisotopic (exact) mass is 877 g/mol. The van der Waals surface area contributed by atoms with Gasteiger partial charge in [-0.2, -0.15) is 0 Å². The SMILES string of the molecule is CC(=O)C(C)(C)CC(C)(C)C.CC(=O)C1(CC(C)(C)C)CCCC1.CC(C)(C)C1C(C(=O)O)C1(C)C.CC(C)(C)C1CCCCC1C(=O)O.CCC(CC)(CC(C)(C)C)C(C)=O. The first-order valence-electron chi connectivity index (χ1n) is 24.4. The fraction of sp³-hybridized carbons (Fsp3) is 0.909. The fourth-order valence-electron chi connectivity index (χ4n) is 11.5. The minimum atomic E-state index is -0.639. The highest BCUT2D eigenvalue weighted by molar-refractivity contribution is 5.83. The van der Waals surface area contributed by atoms with Gasteiger partial charge in [-0.3, -0.25) is 24.0 Å². The van der Waals surface area contributed by atoms with Crippen molar-refractivity contribution in [1.82, 2.24) is 0 Å². The van der Waals surface area contributed by atoms with E-state index in [0.29, 0.717) is 23.4 Å². The molecule has 2 N–H and O–H groups in total. The van der Waals surface area contributed by atoms with Crippen molar-refractivity contribution < 1.29 is 34.2 Å². The molecule has 3 aliphatic rings. The summed E-state index contributed by atoms with van der Waals surface area (Å²) in [7, 11) is 0. The van der Waals surface area contributed by atoms with Crippen molar-refractivity contribution in [1.29, 1.82) is 0 Å². The number of aliphatic carboxylic acids is 2. The van der Waals surface area contributed by atoms with Gasteiger partial charge in [0, 0.05) is 16.2 Å². The highest BCUT2D eigenvalue weighted by Crippen LogP contribution is 2.65. The standard InChI is InChI=1S/C12H22O.C12H24O.C11H20O2.C10H18O2.C10H20O/c1-10(13)12(7-5-6-8-12)9-11(2,3)4;1-7-12(8-2,10(3)13)9-11(4,5)6;1-11(2,3)9-7-5-4-6-8(9)10(12)13;1-9(2,3)7-6(8(11)12)10(7,4)5;1-8(11)10(5,6)7-9(2,3)4/h5-9H2,1-4H3;7-9H2,1-6H3;8-9H,4-7H2,1-3H3,(H,12,13);6-7H,1-5H3,(H,11,12);7H2,1-6H3. The second-order valence-electron chi connectivity index (χ2n) is 26.9. The minimum absolute atomic E-state index is 0.00984. The van der Waals surface area contributed by atoms with Crippen LogP contribution < -0.4 is 0 Å². The van der Waals surface area contributed by atoms with Crippen molar-refractivity contribution in [3.63, 3.8) is 0 Å². The molecule has 4 unspecified atom stereocenters. The van der Waals surface area contributed by atoms with Gasteiger partial charge >= 0.3 is 11.9 Å². The Morgan fingerprint density at radius 1 is 0.548 bits per heavy atom. The van der Waals surface area contributed by atoms with Crippen molar-refractivity contribution in [2.45, 2.75) is 250 Å². The van der Waals surface area contributed by atoms with Gasteiger partial charge in [-0.15, -0.1) is 0 Å². The normalized spacial score (nSPS) is 22.4. The highest BCUT2D eigenvalue weighted by Gasteiger charge is 2.66. The number of carboxylic acids is 2. The lowest BCUT2D eigenvalue weighted by Gasteiger charge is -2.38. The molecule has 0 aromatic heterocycles. The Hall–Kier alpha value is -2.05. The van der Waals surface area contributed by atoms with E-state index in [1.54, 1.807) is 20.8 Å². The number of rotatable bonds is 10. The van der Waals surface area contributed by atoms with E-state index >= 15 is 0 Å². The van der Waals surface area contributed by atoms with E-state index < -0.39 is 11.9 Å².